The number of nitrogens with zero attached hydrogens (tertiary/aromatic N) is 10. The van der Waals surface area contributed by atoms with Crippen LogP contribution >= 0.6 is 0 Å². The minimum atomic E-state index is -0.573. The summed E-state index contributed by atoms with van der Waals surface area (Å²) in [6.45, 7) is 13.2. The molecule has 0 radical (unpaired) electrons. The van der Waals surface area contributed by atoms with Crippen LogP contribution in [0.2, 0.25) is 0 Å². The van der Waals surface area contributed by atoms with Gasteiger partial charge in [-0.15, -0.1) is 0 Å². The minimum Gasteiger partial charge on any atom is -0.366 e. The molecule has 3 N–H and O–H groups in total. The number of fused-ring (bicyclic) bond motifs is 2. The molecule has 56 heavy (non-hydrogen) atoms. The molecule has 0 saturated carbocycles. The van der Waals surface area contributed by atoms with Gasteiger partial charge in [-0.05, 0) is 102 Å². The van der Waals surface area contributed by atoms with Crippen LogP contribution in [0, 0.1) is 13.8 Å². The Morgan fingerprint density at radius 1 is 0.750 bits per heavy atom. The van der Waals surface area contributed by atoms with Crippen molar-refractivity contribution < 1.29 is 19.2 Å². The van der Waals surface area contributed by atoms with Crippen LogP contribution in [0.25, 0.3) is 22.1 Å². The molecule has 0 aliphatic heterocycles. The molecule has 6 rings (SSSR count). The Bertz CT molecular complexity index is 2680. The van der Waals surface area contributed by atoms with E-state index in [0.717, 1.165) is 27.9 Å². The van der Waals surface area contributed by atoms with E-state index in [0.29, 0.717) is 78.2 Å². The molecule has 0 aliphatic carbocycles. The highest BCUT2D eigenvalue weighted by Gasteiger charge is 2.30. The van der Waals surface area contributed by atoms with Crippen LogP contribution in [0.15, 0.2) is 58.5 Å². The summed E-state index contributed by atoms with van der Waals surface area (Å²) in [7, 11) is 5.24. The number of benzene rings is 2. The van der Waals surface area contributed by atoms with Crippen LogP contribution in [0.3, 0.4) is 0 Å². The molecule has 0 saturated heterocycles. The lowest BCUT2D eigenvalue weighted by molar-refractivity contribution is 0.0959. The second-order valence-corrected chi connectivity index (χ2v) is 14.3. The van der Waals surface area contributed by atoms with Crippen molar-refractivity contribution in [3.63, 3.8) is 0 Å². The molecule has 6 aromatic rings. The highest BCUT2D eigenvalue weighted by molar-refractivity contribution is 5.98. The summed E-state index contributed by atoms with van der Waals surface area (Å²) in [6.07, 6.45) is 1.93. The second-order valence-electron chi connectivity index (χ2n) is 14.3. The zero-order valence-corrected chi connectivity index (χ0v) is 33.5. The maximum Gasteiger partial charge on any atom is 0.298 e. The fraction of sp³-hybridized carbons (Fsp3) is 0.400. The van der Waals surface area contributed by atoms with Crippen molar-refractivity contribution >= 4 is 45.7 Å². The van der Waals surface area contributed by atoms with Crippen molar-refractivity contribution in [2.45, 2.75) is 86.0 Å². The third kappa shape index (κ3) is 7.02. The number of aryl methyl sites for hydroxylation is 7. The highest BCUT2D eigenvalue weighted by Crippen LogP contribution is 2.30. The first-order valence-corrected chi connectivity index (χ1v) is 18.9. The molecule has 0 aliphatic rings. The molecule has 4 amide bonds. The van der Waals surface area contributed by atoms with Gasteiger partial charge >= 0.3 is 0 Å². The van der Waals surface area contributed by atoms with Crippen LogP contribution in [-0.4, -0.2) is 68.5 Å². The van der Waals surface area contributed by atoms with Crippen LogP contribution in [-0.2, 0) is 39.3 Å². The van der Waals surface area contributed by atoms with E-state index < -0.39 is 23.3 Å². The summed E-state index contributed by atoms with van der Waals surface area (Å²) in [5.41, 5.74) is 12.0. The Balaban J connectivity index is 1.47. The Labute approximate surface area is 324 Å². The van der Waals surface area contributed by atoms with Crippen molar-refractivity contribution in [1.82, 2.24) is 43.1 Å². The number of nitrogens with two attached hydrogens (primary N) is 1. The molecular formula is C40H50N12O4. The summed E-state index contributed by atoms with van der Waals surface area (Å²) in [5.74, 6) is -1.63. The lowest BCUT2D eigenvalue weighted by atomic mass is 9.92. The van der Waals surface area contributed by atoms with Gasteiger partial charge in [0.2, 0.25) is 17.1 Å². The average Bonchev–Trinajstić information content (AvgIpc) is 3.91. The lowest BCUT2D eigenvalue weighted by Crippen LogP contribution is -2.40. The maximum atomic E-state index is 13.9. The molecule has 0 fully saturated rings. The van der Waals surface area contributed by atoms with E-state index in [1.807, 2.05) is 69.1 Å². The molecular weight excluding hydrogens is 713 g/mol. The molecule has 0 bridgehead atoms. The Morgan fingerprint density at radius 3 is 1.82 bits per heavy atom. The third-order valence-electron chi connectivity index (χ3n) is 10.7. The van der Waals surface area contributed by atoms with Gasteiger partial charge in [0, 0.05) is 57.4 Å². The van der Waals surface area contributed by atoms with E-state index in [4.69, 9.17) is 10.7 Å². The maximum absolute atomic E-state index is 13.9. The van der Waals surface area contributed by atoms with Gasteiger partial charge < -0.3 is 29.3 Å². The molecule has 294 valence electrons. The van der Waals surface area contributed by atoms with Crippen LogP contribution in [0.1, 0.15) is 100 Å². The van der Waals surface area contributed by atoms with Crippen LogP contribution in [0.5, 0.6) is 0 Å². The van der Waals surface area contributed by atoms with Crippen molar-refractivity contribution in [2.24, 2.45) is 29.8 Å². The molecule has 16 heteroatoms. The number of imidazole rings is 2. The van der Waals surface area contributed by atoms with Crippen molar-refractivity contribution in [3.8, 4) is 0 Å². The smallest absolute Gasteiger partial charge is 0.298 e. The summed E-state index contributed by atoms with van der Waals surface area (Å²) < 4.78 is 11.0. The van der Waals surface area contributed by atoms with E-state index in [1.54, 1.807) is 51.3 Å². The molecule has 1 atom stereocenters. The number of amides is 4. The molecule has 16 nitrogen and oxygen atoms in total. The van der Waals surface area contributed by atoms with E-state index >= 15 is 0 Å². The van der Waals surface area contributed by atoms with E-state index in [1.165, 1.54) is 0 Å². The van der Waals surface area contributed by atoms with Gasteiger partial charge in [-0.1, -0.05) is 6.92 Å². The number of nitrogens with one attached hydrogen (secondary N) is 1. The van der Waals surface area contributed by atoms with E-state index in [9.17, 15) is 19.2 Å². The summed E-state index contributed by atoms with van der Waals surface area (Å²) in [6, 6.07) is 14.2. The average molecular weight is 763 g/mol. The summed E-state index contributed by atoms with van der Waals surface area (Å²) in [4.78, 5) is 61.8. The number of carbonyl (C=O) groups is 4. The first-order chi connectivity index (χ1) is 26.7. The quantitative estimate of drug-likeness (QED) is 0.191. The predicted molar refractivity (Wildman–Crippen MR) is 212 cm³/mol. The van der Waals surface area contributed by atoms with Crippen LogP contribution in [0.4, 0.5) is 0 Å². The number of carbonyl (C=O) groups excluding carboxylic acids is 4. The molecule has 0 spiro atoms. The molecule has 2 aromatic carbocycles. The van der Waals surface area contributed by atoms with Crippen LogP contribution < -0.4 is 22.3 Å². The lowest BCUT2D eigenvalue weighted by Gasteiger charge is -2.31. The van der Waals surface area contributed by atoms with Gasteiger partial charge in [0.1, 0.15) is 11.4 Å². The van der Waals surface area contributed by atoms with Crippen molar-refractivity contribution in [1.29, 1.82) is 0 Å². The third-order valence-corrected chi connectivity index (χ3v) is 10.7. The van der Waals surface area contributed by atoms with Crippen molar-refractivity contribution in [3.05, 3.63) is 93.7 Å². The fourth-order valence-corrected chi connectivity index (χ4v) is 7.49. The Kier molecular flexibility index (Phi) is 10.9. The zero-order valence-electron chi connectivity index (χ0n) is 33.5. The number of primary amides is 1. The molecule has 4 heterocycles. The Morgan fingerprint density at radius 2 is 1.27 bits per heavy atom. The second kappa shape index (κ2) is 15.4. The number of hydrogen-bond donors (Lipinski definition) is 2. The summed E-state index contributed by atoms with van der Waals surface area (Å²) >= 11 is 0. The molecule has 4 aromatic heterocycles. The summed E-state index contributed by atoms with van der Waals surface area (Å²) in [5, 5.41) is 11.6. The van der Waals surface area contributed by atoms with Gasteiger partial charge in [-0.25, -0.2) is 0 Å². The normalized spacial score (nSPS) is 13.5. The largest absolute Gasteiger partial charge is 0.366 e. The highest BCUT2D eigenvalue weighted by atomic mass is 16.2. The zero-order chi connectivity index (χ0) is 40.6. The predicted octanol–water partition coefficient (Wildman–Crippen LogP) is 3.87. The standard InChI is InChI=1S/C40H50N12O4/c1-10-40(6,52-29-17-15-27(35(54)42-7)23-31(29)48(9)39(52)44-37(56)33-21-25(5)46-51(33)12-3)18-13-19-49-28-16-14-26(34(41)53)22-30(28)47(8)38(49)43-36(55)32-20-24(4)45-50(32)11-2/h14-17,20-23H,10-13,18-19H2,1-9H3,(H2,41,53)(H,42,54)/b43-38+,44-39+. The first-order valence-electron chi connectivity index (χ1n) is 18.9. The SMILES string of the molecule is CCn1nc(C)cc1C(=O)/N=c1\n(C)c2cc(C(N)=O)ccc2n1CCCC(C)(CC)n1/c(=N/C(=O)c2cc(C)nn2CC)n(C)c2cc(C(=O)NC)ccc21. The van der Waals surface area contributed by atoms with E-state index in [2.05, 4.69) is 38.9 Å². The van der Waals surface area contributed by atoms with Gasteiger partial charge in [-0.3, -0.25) is 28.5 Å². The van der Waals surface area contributed by atoms with Gasteiger partial charge in [-0.2, -0.15) is 20.2 Å². The van der Waals surface area contributed by atoms with Gasteiger partial charge in [0.05, 0.1) is 33.5 Å². The molecule has 1 unspecified atom stereocenters. The Hall–Kier alpha value is -6.32. The minimum absolute atomic E-state index is 0.223. The monoisotopic (exact) mass is 762 g/mol. The number of hydrogen-bond acceptors (Lipinski definition) is 6. The van der Waals surface area contributed by atoms with Gasteiger partial charge in [0.25, 0.3) is 17.7 Å². The van der Waals surface area contributed by atoms with Crippen molar-refractivity contribution in [2.75, 3.05) is 7.05 Å². The van der Waals surface area contributed by atoms with E-state index in [-0.39, 0.29) is 5.91 Å². The fourth-order valence-electron chi connectivity index (χ4n) is 7.49. The number of rotatable bonds is 12. The van der Waals surface area contributed by atoms with Gasteiger partial charge in [0.15, 0.2) is 0 Å². The number of aromatic nitrogens is 8. The first kappa shape index (κ1) is 39.4. The topological polar surface area (TPSA) is 186 Å².